The van der Waals surface area contributed by atoms with E-state index in [0.29, 0.717) is 0 Å². The summed E-state index contributed by atoms with van der Waals surface area (Å²) in [5, 5.41) is 0. The van der Waals surface area contributed by atoms with Crippen LogP contribution in [0.3, 0.4) is 0 Å². The van der Waals surface area contributed by atoms with Crippen molar-refractivity contribution < 1.29 is 0 Å². The zero-order chi connectivity index (χ0) is 14.9. The highest BCUT2D eigenvalue weighted by Crippen LogP contribution is 2.30. The van der Waals surface area contributed by atoms with Crippen LogP contribution in [0.5, 0.6) is 0 Å². The van der Waals surface area contributed by atoms with Crippen LogP contribution in [-0.2, 0) is 0 Å². The molecule has 0 atom stereocenters. The van der Waals surface area contributed by atoms with Gasteiger partial charge in [-0.15, -0.1) is 0 Å². The van der Waals surface area contributed by atoms with Gasteiger partial charge in [-0.05, 0) is 72.2 Å². The maximum absolute atomic E-state index is 4.22. The van der Waals surface area contributed by atoms with Crippen LogP contribution in [-0.4, -0.2) is 0 Å². The molecular weight excluding hydrogens is 240 g/mol. The Morgan fingerprint density at radius 2 is 0.950 bits per heavy atom. The Balaban J connectivity index is 2.34. The van der Waals surface area contributed by atoms with Gasteiger partial charge in [0.2, 0.25) is 0 Å². The first-order valence-corrected chi connectivity index (χ1v) is 6.93. The van der Waals surface area contributed by atoms with Crippen molar-refractivity contribution in [1.29, 1.82) is 0 Å². The van der Waals surface area contributed by atoms with Crippen LogP contribution in [0.25, 0.3) is 11.1 Å². The molecule has 0 nitrogen and oxygen atoms in total. The van der Waals surface area contributed by atoms with Gasteiger partial charge >= 0.3 is 0 Å². The van der Waals surface area contributed by atoms with Gasteiger partial charge in [0.05, 0.1) is 0 Å². The number of allylic oxidation sites excluding steroid dienone is 2. The summed E-state index contributed by atoms with van der Waals surface area (Å²) in [5.41, 5.74) is 9.48. The van der Waals surface area contributed by atoms with E-state index in [9.17, 15) is 0 Å². The fourth-order valence-corrected chi connectivity index (χ4v) is 2.21. The molecule has 0 heteroatoms. The number of aryl methyl sites for hydroxylation is 4. The first kappa shape index (κ1) is 14.3. The van der Waals surface area contributed by atoms with Crippen LogP contribution in [0.4, 0.5) is 0 Å². The van der Waals surface area contributed by atoms with Crippen molar-refractivity contribution in [3.8, 4) is 0 Å². The molecule has 0 radical (unpaired) electrons. The first-order chi connectivity index (χ1) is 9.40. The van der Waals surface area contributed by atoms with Crippen LogP contribution in [0.15, 0.2) is 49.6 Å². The summed E-state index contributed by atoms with van der Waals surface area (Å²) in [6.07, 6.45) is 0. The van der Waals surface area contributed by atoms with E-state index >= 15 is 0 Å². The van der Waals surface area contributed by atoms with Crippen molar-refractivity contribution in [1.82, 2.24) is 0 Å². The maximum Gasteiger partial charge on any atom is -0.0181 e. The molecule has 0 bridgehead atoms. The minimum absolute atomic E-state index is 0.997. The number of benzene rings is 2. The maximum atomic E-state index is 4.22. The minimum atomic E-state index is 0.997. The Morgan fingerprint density at radius 1 is 0.600 bits per heavy atom. The summed E-state index contributed by atoms with van der Waals surface area (Å²) >= 11 is 0. The molecule has 0 heterocycles. The van der Waals surface area contributed by atoms with Crippen LogP contribution in [0.2, 0.25) is 0 Å². The molecule has 20 heavy (non-hydrogen) atoms. The van der Waals surface area contributed by atoms with Gasteiger partial charge in [0.1, 0.15) is 0 Å². The predicted molar refractivity (Wildman–Crippen MR) is 89.9 cm³/mol. The third-order valence-corrected chi connectivity index (χ3v) is 4.08. The van der Waals surface area contributed by atoms with E-state index in [1.807, 2.05) is 0 Å². The molecule has 0 saturated heterocycles. The molecule has 0 unspecified atom stereocenters. The average molecular weight is 262 g/mol. The summed E-state index contributed by atoms with van der Waals surface area (Å²) < 4.78 is 0. The minimum Gasteiger partial charge on any atom is -0.0906 e. The predicted octanol–water partition coefficient (Wildman–Crippen LogP) is 5.65. The summed E-state index contributed by atoms with van der Waals surface area (Å²) in [4.78, 5) is 0. The molecule has 2 rings (SSSR count). The van der Waals surface area contributed by atoms with Gasteiger partial charge in [-0.1, -0.05) is 49.6 Å². The lowest BCUT2D eigenvalue weighted by atomic mass is 9.92. The number of hydrogen-bond acceptors (Lipinski definition) is 0. The Kier molecular flexibility index (Phi) is 3.94. The van der Waals surface area contributed by atoms with Crippen LogP contribution in [0, 0.1) is 27.7 Å². The lowest BCUT2D eigenvalue weighted by molar-refractivity contribution is 1.32. The largest absolute Gasteiger partial charge is 0.0906 e. The Bertz CT molecular complexity index is 626. The standard InChI is InChI=1S/C20H22/c1-13-7-9-19(11-15(13)3)17(5)18(6)20-10-8-14(2)16(4)12-20/h7-12H,5-6H2,1-4H3. The molecule has 0 amide bonds. The van der Waals surface area contributed by atoms with Gasteiger partial charge < -0.3 is 0 Å². The van der Waals surface area contributed by atoms with E-state index in [1.54, 1.807) is 0 Å². The molecule has 0 saturated carbocycles. The SMILES string of the molecule is C=C(C(=C)c1ccc(C)c(C)c1)c1ccc(C)c(C)c1. The highest BCUT2D eigenvalue weighted by Gasteiger charge is 2.08. The molecule has 0 N–H and O–H groups in total. The van der Waals surface area contributed by atoms with Gasteiger partial charge in [0.15, 0.2) is 0 Å². The summed E-state index contributed by atoms with van der Waals surface area (Å²) in [6, 6.07) is 12.9. The molecule has 0 fully saturated rings. The summed E-state index contributed by atoms with van der Waals surface area (Å²) in [5.74, 6) is 0. The molecule has 0 spiro atoms. The lowest BCUT2D eigenvalue weighted by Gasteiger charge is -2.13. The quantitative estimate of drug-likeness (QED) is 0.627. The average Bonchev–Trinajstić information content (AvgIpc) is 2.43. The molecule has 0 aliphatic heterocycles. The van der Waals surface area contributed by atoms with Gasteiger partial charge in [0, 0.05) is 0 Å². The van der Waals surface area contributed by atoms with Crippen LogP contribution < -0.4 is 0 Å². The van der Waals surface area contributed by atoms with Crippen LogP contribution >= 0.6 is 0 Å². The summed E-state index contributed by atoms with van der Waals surface area (Å²) in [6.45, 7) is 17.0. The monoisotopic (exact) mass is 262 g/mol. The molecule has 0 aliphatic carbocycles. The Labute approximate surface area is 122 Å². The second-order valence-electron chi connectivity index (χ2n) is 5.56. The molecule has 0 aliphatic rings. The van der Waals surface area contributed by atoms with Crippen molar-refractivity contribution in [3.63, 3.8) is 0 Å². The van der Waals surface area contributed by atoms with Crippen molar-refractivity contribution >= 4 is 11.1 Å². The Hall–Kier alpha value is -2.08. The van der Waals surface area contributed by atoms with Crippen molar-refractivity contribution in [2.24, 2.45) is 0 Å². The fraction of sp³-hybridized carbons (Fsp3) is 0.200. The molecule has 2 aromatic rings. The zero-order valence-electron chi connectivity index (χ0n) is 12.9. The van der Waals surface area contributed by atoms with Crippen molar-refractivity contribution in [2.75, 3.05) is 0 Å². The van der Waals surface area contributed by atoms with Gasteiger partial charge in [-0.3, -0.25) is 0 Å². The lowest BCUT2D eigenvalue weighted by Crippen LogP contribution is -1.92. The van der Waals surface area contributed by atoms with E-state index < -0.39 is 0 Å². The van der Waals surface area contributed by atoms with Crippen molar-refractivity contribution in [2.45, 2.75) is 27.7 Å². The van der Waals surface area contributed by atoms with Gasteiger partial charge in [-0.25, -0.2) is 0 Å². The van der Waals surface area contributed by atoms with Crippen LogP contribution in [0.1, 0.15) is 33.4 Å². The normalized spacial score (nSPS) is 10.4. The number of rotatable bonds is 3. The zero-order valence-corrected chi connectivity index (χ0v) is 12.9. The van der Waals surface area contributed by atoms with E-state index in [-0.39, 0.29) is 0 Å². The highest BCUT2D eigenvalue weighted by molar-refractivity contribution is 6.03. The third-order valence-electron chi connectivity index (χ3n) is 4.08. The topological polar surface area (TPSA) is 0 Å². The molecule has 102 valence electrons. The second kappa shape index (κ2) is 5.50. The molecular formula is C20H22. The smallest absolute Gasteiger partial charge is 0.0181 e. The molecule has 2 aromatic carbocycles. The number of hydrogen-bond donors (Lipinski definition) is 0. The van der Waals surface area contributed by atoms with Crippen molar-refractivity contribution in [3.05, 3.63) is 82.9 Å². The summed E-state index contributed by atoms with van der Waals surface area (Å²) in [7, 11) is 0. The first-order valence-electron chi connectivity index (χ1n) is 6.93. The van der Waals surface area contributed by atoms with E-state index in [2.05, 4.69) is 77.3 Å². The highest BCUT2D eigenvalue weighted by atomic mass is 14.1. The fourth-order valence-electron chi connectivity index (χ4n) is 2.21. The van der Waals surface area contributed by atoms with E-state index in [4.69, 9.17) is 0 Å². The Morgan fingerprint density at radius 3 is 1.25 bits per heavy atom. The third kappa shape index (κ3) is 2.75. The van der Waals surface area contributed by atoms with E-state index in [0.717, 1.165) is 22.3 Å². The second-order valence-corrected chi connectivity index (χ2v) is 5.56. The molecule has 0 aromatic heterocycles. The van der Waals surface area contributed by atoms with E-state index in [1.165, 1.54) is 22.3 Å². The van der Waals surface area contributed by atoms with Gasteiger partial charge in [-0.2, -0.15) is 0 Å². The van der Waals surface area contributed by atoms with Gasteiger partial charge in [0.25, 0.3) is 0 Å².